The summed E-state index contributed by atoms with van der Waals surface area (Å²) in [4.78, 5) is 16.3. The van der Waals surface area contributed by atoms with E-state index in [1.54, 1.807) is 23.5 Å². The molecule has 1 heterocycles. The Hall–Kier alpha value is -0.200. The summed E-state index contributed by atoms with van der Waals surface area (Å²) in [5.41, 5.74) is 0.816. The van der Waals surface area contributed by atoms with Gasteiger partial charge in [0.25, 0.3) is 0 Å². The second-order valence-corrected chi connectivity index (χ2v) is 6.37. The average molecular weight is 363 g/mol. The molecular formula is C13H19BrN2OS2. The molecule has 0 fully saturated rings. The third kappa shape index (κ3) is 6.19. The van der Waals surface area contributed by atoms with Crippen LogP contribution >= 0.6 is 39.5 Å². The fourth-order valence-electron chi connectivity index (χ4n) is 1.56. The lowest BCUT2D eigenvalue weighted by Crippen LogP contribution is -2.12. The van der Waals surface area contributed by atoms with E-state index in [1.807, 2.05) is 24.6 Å². The highest BCUT2D eigenvalue weighted by Crippen LogP contribution is 2.26. The number of nitrogens with one attached hydrogen (secondary N) is 1. The number of hydrogen-bond donors (Lipinski definition) is 1. The van der Waals surface area contributed by atoms with Crippen molar-refractivity contribution in [1.29, 1.82) is 0 Å². The lowest BCUT2D eigenvalue weighted by molar-refractivity contribution is -0.116. The number of halogens is 1. The molecule has 0 aliphatic carbocycles. The van der Waals surface area contributed by atoms with E-state index in [0.29, 0.717) is 6.42 Å². The van der Waals surface area contributed by atoms with Gasteiger partial charge in [-0.15, -0.1) is 23.5 Å². The summed E-state index contributed by atoms with van der Waals surface area (Å²) in [5.74, 6) is 0.0728. The Morgan fingerprint density at radius 1 is 1.26 bits per heavy atom. The zero-order valence-electron chi connectivity index (χ0n) is 11.2. The van der Waals surface area contributed by atoms with E-state index in [9.17, 15) is 4.79 Å². The van der Waals surface area contributed by atoms with Crippen molar-refractivity contribution in [2.75, 3.05) is 23.2 Å². The zero-order valence-corrected chi connectivity index (χ0v) is 14.5. The molecule has 1 rings (SSSR count). The Kier molecular flexibility index (Phi) is 8.57. The van der Waals surface area contributed by atoms with E-state index in [-0.39, 0.29) is 5.91 Å². The van der Waals surface area contributed by atoms with Crippen LogP contribution in [0, 0.1) is 0 Å². The first kappa shape index (κ1) is 16.9. The van der Waals surface area contributed by atoms with E-state index in [1.165, 1.54) is 0 Å². The van der Waals surface area contributed by atoms with Crippen LogP contribution in [0.1, 0.15) is 25.7 Å². The second kappa shape index (κ2) is 9.66. The van der Waals surface area contributed by atoms with Gasteiger partial charge in [-0.05, 0) is 37.5 Å². The van der Waals surface area contributed by atoms with Gasteiger partial charge in [0.05, 0.1) is 10.7 Å². The number of carbonyl (C=O) groups is 1. The summed E-state index contributed by atoms with van der Waals surface area (Å²) >= 11 is 6.55. The van der Waals surface area contributed by atoms with Crippen LogP contribution in [0.2, 0.25) is 0 Å². The molecular weight excluding hydrogens is 344 g/mol. The SMILES string of the molecule is CSc1ccc(NC(=O)CCCCCBr)c(SC)n1. The number of nitrogens with zero attached hydrogens (tertiary/aromatic N) is 1. The van der Waals surface area contributed by atoms with Gasteiger partial charge in [-0.25, -0.2) is 4.98 Å². The largest absolute Gasteiger partial charge is 0.324 e. The summed E-state index contributed by atoms with van der Waals surface area (Å²) in [5, 5.41) is 5.80. The van der Waals surface area contributed by atoms with Gasteiger partial charge >= 0.3 is 0 Å². The van der Waals surface area contributed by atoms with Crippen molar-refractivity contribution in [2.24, 2.45) is 0 Å². The number of pyridine rings is 1. The molecule has 0 aliphatic rings. The molecule has 1 aromatic rings. The minimum atomic E-state index is 0.0728. The van der Waals surface area contributed by atoms with Crippen molar-refractivity contribution in [3.05, 3.63) is 12.1 Å². The molecule has 1 N–H and O–H groups in total. The number of carbonyl (C=O) groups excluding carboxylic acids is 1. The fourth-order valence-corrected chi connectivity index (χ4v) is 2.93. The third-order valence-corrected chi connectivity index (χ3v) is 4.45. The number of rotatable bonds is 8. The van der Waals surface area contributed by atoms with Gasteiger partial charge < -0.3 is 5.32 Å². The smallest absolute Gasteiger partial charge is 0.224 e. The first-order chi connectivity index (χ1) is 9.21. The van der Waals surface area contributed by atoms with Crippen molar-refractivity contribution in [2.45, 2.75) is 35.7 Å². The zero-order chi connectivity index (χ0) is 14.1. The minimum Gasteiger partial charge on any atom is -0.324 e. The molecule has 1 aromatic heterocycles. The molecule has 0 atom stereocenters. The highest BCUT2D eigenvalue weighted by molar-refractivity contribution is 9.09. The van der Waals surface area contributed by atoms with Crippen molar-refractivity contribution in [3.63, 3.8) is 0 Å². The Morgan fingerprint density at radius 2 is 2.05 bits per heavy atom. The molecule has 0 aromatic carbocycles. The average Bonchev–Trinajstić information content (AvgIpc) is 2.44. The van der Waals surface area contributed by atoms with Gasteiger partial charge in [0.2, 0.25) is 5.91 Å². The van der Waals surface area contributed by atoms with Gasteiger partial charge in [-0.3, -0.25) is 4.79 Å². The number of alkyl halides is 1. The number of thioether (sulfide) groups is 2. The van der Waals surface area contributed by atoms with Crippen LogP contribution in [0.25, 0.3) is 0 Å². The van der Waals surface area contributed by atoms with Gasteiger partial charge in [-0.1, -0.05) is 22.4 Å². The number of anilines is 1. The summed E-state index contributed by atoms with van der Waals surface area (Å²) in [6, 6.07) is 3.87. The fraction of sp³-hybridized carbons (Fsp3) is 0.538. The molecule has 0 radical (unpaired) electrons. The van der Waals surface area contributed by atoms with E-state index in [0.717, 1.165) is 40.3 Å². The summed E-state index contributed by atoms with van der Waals surface area (Å²) < 4.78 is 0. The Balaban J connectivity index is 2.53. The lowest BCUT2D eigenvalue weighted by Gasteiger charge is -2.09. The van der Waals surface area contributed by atoms with Gasteiger partial charge in [0.15, 0.2) is 0 Å². The maximum absolute atomic E-state index is 11.8. The van der Waals surface area contributed by atoms with Crippen molar-refractivity contribution < 1.29 is 4.79 Å². The third-order valence-electron chi connectivity index (χ3n) is 2.55. The van der Waals surface area contributed by atoms with Crippen molar-refractivity contribution in [3.8, 4) is 0 Å². The van der Waals surface area contributed by atoms with Gasteiger partial charge in [-0.2, -0.15) is 0 Å². The quantitative estimate of drug-likeness (QED) is 0.422. The van der Waals surface area contributed by atoms with Crippen molar-refractivity contribution >= 4 is 51.0 Å². The van der Waals surface area contributed by atoms with Crippen LogP contribution < -0.4 is 5.32 Å². The molecule has 0 spiro atoms. The molecule has 0 bridgehead atoms. The lowest BCUT2D eigenvalue weighted by atomic mass is 10.2. The number of aromatic nitrogens is 1. The molecule has 0 unspecified atom stereocenters. The molecule has 0 saturated heterocycles. The molecule has 0 saturated carbocycles. The van der Waals surface area contributed by atoms with Crippen molar-refractivity contribution in [1.82, 2.24) is 4.98 Å². The Morgan fingerprint density at radius 3 is 2.68 bits per heavy atom. The van der Waals surface area contributed by atoms with E-state index in [2.05, 4.69) is 26.2 Å². The first-order valence-corrected chi connectivity index (χ1v) is 9.73. The monoisotopic (exact) mass is 362 g/mol. The van der Waals surface area contributed by atoms with Crippen LogP contribution in [-0.2, 0) is 4.79 Å². The topological polar surface area (TPSA) is 42.0 Å². The van der Waals surface area contributed by atoms with Crippen LogP contribution in [0.3, 0.4) is 0 Å². The minimum absolute atomic E-state index is 0.0728. The molecule has 0 aliphatic heterocycles. The highest BCUT2D eigenvalue weighted by Gasteiger charge is 2.08. The Bertz CT molecular complexity index is 416. The predicted molar refractivity (Wildman–Crippen MR) is 88.7 cm³/mol. The van der Waals surface area contributed by atoms with E-state index in [4.69, 9.17) is 0 Å². The summed E-state index contributed by atoms with van der Waals surface area (Å²) in [6.45, 7) is 0. The second-order valence-electron chi connectivity index (χ2n) is 3.96. The first-order valence-electron chi connectivity index (χ1n) is 6.16. The number of amides is 1. The molecule has 106 valence electrons. The molecule has 3 nitrogen and oxygen atoms in total. The maximum atomic E-state index is 11.8. The molecule has 6 heteroatoms. The summed E-state index contributed by atoms with van der Waals surface area (Å²) in [7, 11) is 0. The number of unbranched alkanes of at least 4 members (excludes halogenated alkanes) is 2. The van der Waals surface area contributed by atoms with Gasteiger partial charge in [0.1, 0.15) is 5.03 Å². The molecule has 19 heavy (non-hydrogen) atoms. The summed E-state index contributed by atoms with van der Waals surface area (Å²) in [6.07, 6.45) is 7.67. The van der Waals surface area contributed by atoms with Gasteiger partial charge in [0, 0.05) is 11.8 Å². The molecule has 1 amide bonds. The maximum Gasteiger partial charge on any atom is 0.224 e. The number of hydrogen-bond acceptors (Lipinski definition) is 4. The van der Waals surface area contributed by atoms with Crippen LogP contribution in [0.5, 0.6) is 0 Å². The normalized spacial score (nSPS) is 10.5. The standard InChI is InChI=1S/C13H19BrN2OS2/c1-18-12-8-7-10(13(16-12)19-2)15-11(17)6-4-3-5-9-14/h7-8H,3-6,9H2,1-2H3,(H,15,17). The van der Waals surface area contributed by atoms with Crippen LogP contribution in [0.4, 0.5) is 5.69 Å². The van der Waals surface area contributed by atoms with E-state index < -0.39 is 0 Å². The highest BCUT2D eigenvalue weighted by atomic mass is 79.9. The predicted octanol–water partition coefficient (Wildman–Crippen LogP) is 4.42. The van der Waals surface area contributed by atoms with E-state index >= 15 is 0 Å². The van der Waals surface area contributed by atoms with Crippen LogP contribution in [-0.4, -0.2) is 28.7 Å². The Labute approximate surface area is 131 Å². The van der Waals surface area contributed by atoms with Crippen LogP contribution in [0.15, 0.2) is 22.2 Å².